The van der Waals surface area contributed by atoms with Gasteiger partial charge >= 0.3 is 0 Å². The average molecular weight is 405 g/mol. The van der Waals surface area contributed by atoms with Crippen LogP contribution in [0.3, 0.4) is 0 Å². The molecule has 2 heterocycles. The van der Waals surface area contributed by atoms with Crippen molar-refractivity contribution >= 4 is 23.2 Å². The fourth-order valence-electron chi connectivity index (χ4n) is 3.46. The summed E-state index contributed by atoms with van der Waals surface area (Å²) in [6.45, 7) is 1.42. The van der Waals surface area contributed by atoms with Crippen LogP contribution in [0.2, 0.25) is 0 Å². The molecule has 0 unspecified atom stereocenters. The van der Waals surface area contributed by atoms with Gasteiger partial charge in [0.05, 0.1) is 22.8 Å². The minimum atomic E-state index is -0.838. The number of nitrogens with one attached hydrogen (secondary N) is 1. The molecule has 0 bridgehead atoms. The lowest BCUT2D eigenvalue weighted by Gasteiger charge is -2.32. The Morgan fingerprint density at radius 3 is 2.82 bits per heavy atom. The minimum absolute atomic E-state index is 0.0825. The number of likely N-dealkylation sites (tertiary alicyclic amines) is 1. The van der Waals surface area contributed by atoms with E-state index < -0.39 is 17.5 Å². The van der Waals surface area contributed by atoms with Crippen LogP contribution < -0.4 is 5.32 Å². The van der Waals surface area contributed by atoms with Gasteiger partial charge in [-0.1, -0.05) is 0 Å². The molecule has 2 amide bonds. The zero-order valence-electron chi connectivity index (χ0n) is 15.3. The Labute approximate surface area is 165 Å². The smallest absolute Gasteiger partial charge is 0.256 e. The Morgan fingerprint density at radius 1 is 1.25 bits per heavy atom. The molecule has 1 aliphatic carbocycles. The van der Waals surface area contributed by atoms with Crippen LogP contribution in [0.4, 0.5) is 8.78 Å². The predicted molar refractivity (Wildman–Crippen MR) is 101 cm³/mol. The molecule has 8 heteroatoms. The van der Waals surface area contributed by atoms with Crippen molar-refractivity contribution in [3.8, 4) is 0 Å². The van der Waals surface area contributed by atoms with Crippen LogP contribution in [0.5, 0.6) is 0 Å². The highest BCUT2D eigenvalue weighted by atomic mass is 32.1. The molecule has 1 aromatic heterocycles. The van der Waals surface area contributed by atoms with E-state index in [2.05, 4.69) is 10.3 Å². The van der Waals surface area contributed by atoms with Crippen molar-refractivity contribution < 1.29 is 18.4 Å². The molecule has 2 fully saturated rings. The molecule has 28 heavy (non-hydrogen) atoms. The summed E-state index contributed by atoms with van der Waals surface area (Å²) in [5, 5.41) is 5.76. The average Bonchev–Trinajstić information content (AvgIpc) is 3.44. The molecule has 4 rings (SSSR count). The summed E-state index contributed by atoms with van der Waals surface area (Å²) in [6, 6.07) is 3.03. The summed E-state index contributed by atoms with van der Waals surface area (Å²) in [6.07, 6.45) is 3.63. The van der Waals surface area contributed by atoms with E-state index in [1.54, 1.807) is 4.90 Å². The predicted octanol–water partition coefficient (Wildman–Crippen LogP) is 3.47. The number of carbonyl (C=O) groups is 2. The summed E-state index contributed by atoms with van der Waals surface area (Å²) < 4.78 is 27.1. The fraction of sp³-hybridized carbons (Fsp3) is 0.450. The van der Waals surface area contributed by atoms with E-state index in [0.717, 1.165) is 48.5 Å². The van der Waals surface area contributed by atoms with Crippen LogP contribution in [0.1, 0.15) is 52.7 Å². The molecule has 2 aliphatic rings. The highest BCUT2D eigenvalue weighted by Crippen LogP contribution is 2.31. The third kappa shape index (κ3) is 4.22. The molecule has 1 N–H and O–H groups in total. The lowest BCUT2D eigenvalue weighted by atomic mass is 9.98. The van der Waals surface area contributed by atoms with Gasteiger partial charge in [-0.15, -0.1) is 11.3 Å². The summed E-state index contributed by atoms with van der Waals surface area (Å²) in [5.41, 5.74) is 0.715. The first-order valence-electron chi connectivity index (χ1n) is 9.47. The Kier molecular flexibility index (Phi) is 5.39. The lowest BCUT2D eigenvalue weighted by molar-refractivity contribution is -0.122. The first-order valence-corrected chi connectivity index (χ1v) is 10.4. The van der Waals surface area contributed by atoms with Gasteiger partial charge in [0.1, 0.15) is 11.6 Å². The Hall–Kier alpha value is -2.35. The maximum atomic E-state index is 14.0. The van der Waals surface area contributed by atoms with Crippen LogP contribution >= 0.6 is 11.3 Å². The fourth-order valence-corrected chi connectivity index (χ4v) is 4.40. The molecule has 1 atom stereocenters. The third-order valence-electron chi connectivity index (χ3n) is 5.18. The minimum Gasteiger partial charge on any atom is -0.350 e. The molecular formula is C20H21F2N3O2S. The van der Waals surface area contributed by atoms with E-state index in [9.17, 15) is 18.4 Å². The van der Waals surface area contributed by atoms with Gasteiger partial charge in [-0.3, -0.25) is 9.59 Å². The lowest BCUT2D eigenvalue weighted by Crippen LogP contribution is -2.39. The molecule has 2 aromatic rings. The SMILES string of the molecule is O=C(NCc1csc([C@H]2CCCN(C(=O)c3ccc(F)cc3F)C2)n1)C1CC1. The maximum absolute atomic E-state index is 14.0. The third-order valence-corrected chi connectivity index (χ3v) is 6.24. The zero-order valence-corrected chi connectivity index (χ0v) is 16.1. The van der Waals surface area contributed by atoms with Crippen molar-refractivity contribution in [1.82, 2.24) is 15.2 Å². The van der Waals surface area contributed by atoms with Crippen LogP contribution in [0, 0.1) is 17.6 Å². The Balaban J connectivity index is 1.39. The van der Waals surface area contributed by atoms with Crippen molar-refractivity contribution in [2.75, 3.05) is 13.1 Å². The number of nitrogens with zero attached hydrogens (tertiary/aromatic N) is 2. The van der Waals surface area contributed by atoms with Gasteiger partial charge in [-0.25, -0.2) is 13.8 Å². The highest BCUT2D eigenvalue weighted by Gasteiger charge is 2.30. The molecule has 1 aromatic carbocycles. The van der Waals surface area contributed by atoms with Crippen LogP contribution in [-0.4, -0.2) is 34.8 Å². The number of hydrogen-bond acceptors (Lipinski definition) is 4. The molecule has 1 saturated carbocycles. The van der Waals surface area contributed by atoms with Gasteiger partial charge < -0.3 is 10.2 Å². The van der Waals surface area contributed by atoms with Crippen LogP contribution in [-0.2, 0) is 11.3 Å². The molecule has 5 nitrogen and oxygen atoms in total. The number of piperidine rings is 1. The van der Waals surface area contributed by atoms with Gasteiger partial charge in [0.15, 0.2) is 0 Å². The number of hydrogen-bond donors (Lipinski definition) is 1. The van der Waals surface area contributed by atoms with E-state index >= 15 is 0 Å². The van der Waals surface area contributed by atoms with Crippen molar-refractivity contribution in [3.63, 3.8) is 0 Å². The second-order valence-corrected chi connectivity index (χ2v) is 8.27. The summed E-state index contributed by atoms with van der Waals surface area (Å²) in [4.78, 5) is 30.6. The van der Waals surface area contributed by atoms with Gasteiger partial charge in [0, 0.05) is 36.4 Å². The molecule has 1 saturated heterocycles. The Bertz CT molecular complexity index is 897. The number of halogens is 2. The Morgan fingerprint density at radius 2 is 2.07 bits per heavy atom. The van der Waals surface area contributed by atoms with Crippen LogP contribution in [0.25, 0.3) is 0 Å². The monoisotopic (exact) mass is 405 g/mol. The topological polar surface area (TPSA) is 62.3 Å². The molecule has 0 radical (unpaired) electrons. The zero-order chi connectivity index (χ0) is 19.7. The summed E-state index contributed by atoms with van der Waals surface area (Å²) in [7, 11) is 0. The van der Waals surface area contributed by atoms with E-state index in [1.807, 2.05) is 5.38 Å². The van der Waals surface area contributed by atoms with Crippen LogP contribution in [0.15, 0.2) is 23.6 Å². The first-order chi connectivity index (χ1) is 13.5. The van der Waals surface area contributed by atoms with Crippen molar-refractivity contribution in [2.24, 2.45) is 5.92 Å². The standard InChI is InChI=1S/C20H21F2N3O2S/c21-14-5-6-16(17(22)8-14)20(27)25-7-1-2-13(10-25)19-24-15(11-28-19)9-23-18(26)12-3-4-12/h5-6,8,11-13H,1-4,7,9-10H2,(H,23,26)/t13-/m0/s1. The highest BCUT2D eigenvalue weighted by molar-refractivity contribution is 7.09. The van der Waals surface area contributed by atoms with Crippen molar-refractivity contribution in [2.45, 2.75) is 38.1 Å². The van der Waals surface area contributed by atoms with Gasteiger partial charge in [0.25, 0.3) is 5.91 Å². The molecule has 1 aliphatic heterocycles. The number of benzene rings is 1. The number of aromatic nitrogens is 1. The van der Waals surface area contributed by atoms with Crippen molar-refractivity contribution in [1.29, 1.82) is 0 Å². The number of carbonyl (C=O) groups excluding carboxylic acids is 2. The molecule has 0 spiro atoms. The summed E-state index contributed by atoms with van der Waals surface area (Å²) in [5.74, 6) is -1.62. The largest absolute Gasteiger partial charge is 0.350 e. The van der Waals surface area contributed by atoms with Gasteiger partial charge in [-0.05, 0) is 37.8 Å². The second-order valence-electron chi connectivity index (χ2n) is 7.38. The molecule has 148 valence electrons. The van der Waals surface area contributed by atoms with E-state index in [0.29, 0.717) is 19.6 Å². The first kappa shape index (κ1) is 19.0. The van der Waals surface area contributed by atoms with Crippen molar-refractivity contribution in [3.05, 3.63) is 51.5 Å². The number of rotatable bonds is 5. The van der Waals surface area contributed by atoms with Gasteiger partial charge in [-0.2, -0.15) is 0 Å². The quantitative estimate of drug-likeness (QED) is 0.829. The summed E-state index contributed by atoms with van der Waals surface area (Å²) >= 11 is 1.52. The normalized spacial score (nSPS) is 19.5. The molecular weight excluding hydrogens is 384 g/mol. The van der Waals surface area contributed by atoms with Gasteiger partial charge in [0.2, 0.25) is 5.91 Å². The number of amides is 2. The maximum Gasteiger partial charge on any atom is 0.256 e. The second kappa shape index (κ2) is 7.95. The van der Waals surface area contributed by atoms with E-state index in [1.165, 1.54) is 17.4 Å². The number of thiazole rings is 1. The van der Waals surface area contributed by atoms with E-state index in [-0.39, 0.29) is 23.3 Å². The van der Waals surface area contributed by atoms with E-state index in [4.69, 9.17) is 0 Å².